The Morgan fingerprint density at radius 3 is 2.42 bits per heavy atom. The molecule has 1 aromatic carbocycles. The van der Waals surface area contributed by atoms with Crippen molar-refractivity contribution in [2.45, 2.75) is 27.2 Å². The van der Waals surface area contributed by atoms with Gasteiger partial charge in [0, 0.05) is 24.7 Å². The standard InChI is InChI=1S/C20H24N4O2/c1-5-23(6-2)19(25)13-16-20(15-9-7-14(3)8-10-15)21-17-11-12-18(26-4)22-24(16)17/h7-12H,5-6,13H2,1-4H3. The molecule has 0 aliphatic rings. The number of ether oxygens (including phenoxy) is 1. The first kappa shape index (κ1) is 17.9. The van der Waals surface area contributed by atoms with E-state index in [0.29, 0.717) is 24.6 Å². The number of rotatable bonds is 6. The van der Waals surface area contributed by atoms with E-state index in [4.69, 9.17) is 9.72 Å². The number of fused-ring (bicyclic) bond motifs is 1. The van der Waals surface area contributed by atoms with Gasteiger partial charge >= 0.3 is 0 Å². The number of carbonyl (C=O) groups is 1. The van der Waals surface area contributed by atoms with Crippen LogP contribution in [0.15, 0.2) is 36.4 Å². The minimum atomic E-state index is 0.0646. The largest absolute Gasteiger partial charge is 0.480 e. The highest BCUT2D eigenvalue weighted by atomic mass is 16.5. The Morgan fingerprint density at radius 2 is 1.81 bits per heavy atom. The molecule has 0 saturated heterocycles. The van der Waals surface area contributed by atoms with E-state index in [0.717, 1.165) is 17.0 Å². The number of carbonyl (C=O) groups excluding carboxylic acids is 1. The van der Waals surface area contributed by atoms with Crippen molar-refractivity contribution in [3.63, 3.8) is 0 Å². The Balaban J connectivity index is 2.13. The second-order valence-electron chi connectivity index (χ2n) is 6.16. The number of hydrogen-bond acceptors (Lipinski definition) is 4. The van der Waals surface area contributed by atoms with Crippen molar-refractivity contribution in [1.29, 1.82) is 0 Å². The lowest BCUT2D eigenvalue weighted by atomic mass is 10.1. The zero-order valence-electron chi connectivity index (χ0n) is 15.7. The number of aromatic nitrogens is 3. The SMILES string of the molecule is CCN(CC)C(=O)Cc1c(-c2ccc(C)cc2)nc2ccc(OC)nn12. The highest BCUT2D eigenvalue weighted by Gasteiger charge is 2.20. The molecule has 0 atom stereocenters. The molecule has 0 aliphatic heterocycles. The summed E-state index contributed by atoms with van der Waals surface area (Å²) in [6.45, 7) is 7.38. The average Bonchev–Trinajstić information content (AvgIpc) is 3.01. The third kappa shape index (κ3) is 3.40. The summed E-state index contributed by atoms with van der Waals surface area (Å²) in [5.74, 6) is 0.552. The van der Waals surface area contributed by atoms with Gasteiger partial charge in [-0.1, -0.05) is 29.8 Å². The fourth-order valence-corrected chi connectivity index (χ4v) is 3.00. The van der Waals surface area contributed by atoms with Gasteiger partial charge in [-0.15, -0.1) is 5.10 Å². The molecule has 0 bridgehead atoms. The number of amides is 1. The molecule has 26 heavy (non-hydrogen) atoms. The van der Waals surface area contributed by atoms with Crippen LogP contribution >= 0.6 is 0 Å². The summed E-state index contributed by atoms with van der Waals surface area (Å²) < 4.78 is 6.97. The molecule has 136 valence electrons. The number of nitrogens with zero attached hydrogens (tertiary/aromatic N) is 4. The summed E-state index contributed by atoms with van der Waals surface area (Å²) in [4.78, 5) is 19.3. The first-order valence-corrected chi connectivity index (χ1v) is 8.84. The molecule has 3 aromatic rings. The predicted molar refractivity (Wildman–Crippen MR) is 101 cm³/mol. The Labute approximate surface area is 153 Å². The molecule has 0 N–H and O–H groups in total. The number of imidazole rings is 1. The van der Waals surface area contributed by atoms with Gasteiger partial charge in [-0.25, -0.2) is 9.50 Å². The smallest absolute Gasteiger partial charge is 0.231 e. The van der Waals surface area contributed by atoms with Crippen LogP contribution in [0, 0.1) is 6.92 Å². The first-order chi connectivity index (χ1) is 12.6. The predicted octanol–water partition coefficient (Wildman–Crippen LogP) is 3.12. The van der Waals surface area contributed by atoms with E-state index in [1.54, 1.807) is 17.7 Å². The summed E-state index contributed by atoms with van der Waals surface area (Å²) in [5.41, 5.74) is 4.41. The van der Waals surface area contributed by atoms with Gasteiger partial charge < -0.3 is 9.64 Å². The van der Waals surface area contributed by atoms with Crippen molar-refractivity contribution in [2.24, 2.45) is 0 Å². The average molecular weight is 352 g/mol. The van der Waals surface area contributed by atoms with Crippen molar-refractivity contribution in [3.05, 3.63) is 47.7 Å². The van der Waals surface area contributed by atoms with Crippen LogP contribution in [0.1, 0.15) is 25.1 Å². The van der Waals surface area contributed by atoms with Gasteiger partial charge in [-0.3, -0.25) is 4.79 Å². The topological polar surface area (TPSA) is 59.7 Å². The number of likely N-dealkylation sites (N-methyl/N-ethyl adjacent to an activating group) is 1. The van der Waals surface area contributed by atoms with Crippen LogP contribution in [-0.4, -0.2) is 45.6 Å². The lowest BCUT2D eigenvalue weighted by Crippen LogP contribution is -2.32. The Morgan fingerprint density at radius 1 is 1.12 bits per heavy atom. The fraction of sp³-hybridized carbons (Fsp3) is 0.350. The van der Waals surface area contributed by atoms with Gasteiger partial charge in [0.1, 0.15) is 0 Å². The lowest BCUT2D eigenvalue weighted by molar-refractivity contribution is -0.130. The highest BCUT2D eigenvalue weighted by Crippen LogP contribution is 2.26. The van der Waals surface area contributed by atoms with Crippen molar-refractivity contribution in [2.75, 3.05) is 20.2 Å². The second-order valence-corrected chi connectivity index (χ2v) is 6.16. The normalized spacial score (nSPS) is 10.9. The second kappa shape index (κ2) is 7.56. The van der Waals surface area contributed by atoms with Crippen LogP contribution in [0.5, 0.6) is 5.88 Å². The zero-order valence-corrected chi connectivity index (χ0v) is 15.7. The molecule has 3 rings (SSSR count). The first-order valence-electron chi connectivity index (χ1n) is 8.84. The minimum Gasteiger partial charge on any atom is -0.480 e. The van der Waals surface area contributed by atoms with Gasteiger partial charge in [-0.2, -0.15) is 0 Å². The zero-order chi connectivity index (χ0) is 18.7. The van der Waals surface area contributed by atoms with Crippen LogP contribution in [0.3, 0.4) is 0 Å². The molecule has 2 heterocycles. The maximum Gasteiger partial charge on any atom is 0.231 e. The number of benzene rings is 1. The summed E-state index contributed by atoms with van der Waals surface area (Å²) in [7, 11) is 1.58. The highest BCUT2D eigenvalue weighted by molar-refractivity contribution is 5.81. The lowest BCUT2D eigenvalue weighted by Gasteiger charge is -2.18. The number of aryl methyl sites for hydroxylation is 1. The molecule has 0 fully saturated rings. The molecule has 0 radical (unpaired) electrons. The molecule has 0 aliphatic carbocycles. The number of methoxy groups -OCH3 is 1. The van der Waals surface area contributed by atoms with Crippen LogP contribution in [0.4, 0.5) is 0 Å². The van der Waals surface area contributed by atoms with Gasteiger partial charge in [0.25, 0.3) is 0 Å². The van der Waals surface area contributed by atoms with Crippen LogP contribution in [0.25, 0.3) is 16.9 Å². The van der Waals surface area contributed by atoms with Crippen LogP contribution in [0.2, 0.25) is 0 Å². The van der Waals surface area contributed by atoms with Gasteiger partial charge in [0.2, 0.25) is 11.8 Å². The third-order valence-electron chi connectivity index (χ3n) is 4.51. The summed E-state index contributed by atoms with van der Waals surface area (Å²) in [6, 6.07) is 11.8. The fourth-order valence-electron chi connectivity index (χ4n) is 3.00. The van der Waals surface area contributed by atoms with Crippen molar-refractivity contribution >= 4 is 11.6 Å². The van der Waals surface area contributed by atoms with Gasteiger partial charge in [0.05, 0.1) is 24.9 Å². The molecule has 0 unspecified atom stereocenters. The van der Waals surface area contributed by atoms with E-state index in [9.17, 15) is 4.79 Å². The molecule has 6 heteroatoms. The van der Waals surface area contributed by atoms with Crippen LogP contribution in [-0.2, 0) is 11.2 Å². The van der Waals surface area contributed by atoms with E-state index < -0.39 is 0 Å². The Hall–Kier alpha value is -2.89. The molecule has 6 nitrogen and oxygen atoms in total. The monoisotopic (exact) mass is 352 g/mol. The molecule has 1 amide bonds. The van der Waals surface area contributed by atoms with E-state index in [-0.39, 0.29) is 12.3 Å². The van der Waals surface area contributed by atoms with Crippen molar-refractivity contribution in [1.82, 2.24) is 19.5 Å². The summed E-state index contributed by atoms with van der Waals surface area (Å²) >= 11 is 0. The Kier molecular flexibility index (Phi) is 5.21. The molecule has 2 aromatic heterocycles. The van der Waals surface area contributed by atoms with Gasteiger partial charge in [0.15, 0.2) is 5.65 Å². The van der Waals surface area contributed by atoms with Crippen molar-refractivity contribution in [3.8, 4) is 17.1 Å². The molecule has 0 saturated carbocycles. The third-order valence-corrected chi connectivity index (χ3v) is 4.51. The minimum absolute atomic E-state index is 0.0646. The van der Waals surface area contributed by atoms with Gasteiger partial charge in [-0.05, 0) is 26.8 Å². The van der Waals surface area contributed by atoms with E-state index in [1.807, 2.05) is 56.0 Å². The maximum atomic E-state index is 12.7. The molecular weight excluding hydrogens is 328 g/mol. The van der Waals surface area contributed by atoms with E-state index >= 15 is 0 Å². The van der Waals surface area contributed by atoms with Crippen LogP contribution < -0.4 is 4.74 Å². The van der Waals surface area contributed by atoms with E-state index in [2.05, 4.69) is 5.10 Å². The molecule has 0 spiro atoms. The van der Waals surface area contributed by atoms with E-state index in [1.165, 1.54) is 5.56 Å². The Bertz CT molecular complexity index is 911. The summed E-state index contributed by atoms with van der Waals surface area (Å²) in [6.07, 6.45) is 0.242. The quantitative estimate of drug-likeness (QED) is 0.684. The summed E-state index contributed by atoms with van der Waals surface area (Å²) in [5, 5.41) is 4.48. The molecular formula is C20H24N4O2. The van der Waals surface area contributed by atoms with Crippen molar-refractivity contribution < 1.29 is 9.53 Å². The maximum absolute atomic E-state index is 12.7. The number of hydrogen-bond donors (Lipinski definition) is 0.